The molecule has 2 nitrogen and oxygen atoms in total. The average molecular weight is 237 g/mol. The number of esters is 1. The molecule has 0 radical (unpaired) electrons. The first-order valence-electron chi connectivity index (χ1n) is 5.04. The smallest absolute Gasteiger partial charge is 0.306 e. The second kappa shape index (κ2) is 6.19. The second-order valence-electron chi connectivity index (χ2n) is 3.28. The van der Waals surface area contributed by atoms with Crippen LogP contribution in [0.4, 0.5) is 0 Å². The van der Waals surface area contributed by atoms with Gasteiger partial charge in [0.2, 0.25) is 0 Å². The molecule has 0 unspecified atom stereocenters. The van der Waals surface area contributed by atoms with Gasteiger partial charge in [0.1, 0.15) is 0 Å². The summed E-state index contributed by atoms with van der Waals surface area (Å²) in [5.41, 5.74) is 1.86. The standard InChI is InChI=1S/C13H13ClO2/c1-3-13(15)16-8-4-5-11-6-7-12(14)10(2)9-11/h6-7,9H,3,8H2,1-2H3. The first kappa shape index (κ1) is 12.6. The molecular formula is C13H13ClO2. The summed E-state index contributed by atoms with van der Waals surface area (Å²) in [6.45, 7) is 3.80. The molecule has 0 amide bonds. The maximum Gasteiger partial charge on any atom is 0.306 e. The van der Waals surface area contributed by atoms with E-state index in [0.29, 0.717) is 6.42 Å². The summed E-state index contributed by atoms with van der Waals surface area (Å²) in [6, 6.07) is 5.54. The van der Waals surface area contributed by atoms with Crippen LogP contribution in [-0.4, -0.2) is 12.6 Å². The number of carbonyl (C=O) groups is 1. The molecule has 0 fully saturated rings. The van der Waals surface area contributed by atoms with E-state index in [4.69, 9.17) is 16.3 Å². The van der Waals surface area contributed by atoms with Gasteiger partial charge in [0.15, 0.2) is 6.61 Å². The van der Waals surface area contributed by atoms with Crippen LogP contribution in [0.15, 0.2) is 18.2 Å². The summed E-state index contributed by atoms with van der Waals surface area (Å²) in [6.07, 6.45) is 0.377. The van der Waals surface area contributed by atoms with Crippen molar-refractivity contribution in [3.05, 3.63) is 34.3 Å². The monoisotopic (exact) mass is 236 g/mol. The van der Waals surface area contributed by atoms with Gasteiger partial charge in [0.25, 0.3) is 0 Å². The highest BCUT2D eigenvalue weighted by Gasteiger charge is 1.95. The maximum absolute atomic E-state index is 10.8. The molecule has 0 aliphatic carbocycles. The second-order valence-corrected chi connectivity index (χ2v) is 3.69. The Kier molecular flexibility index (Phi) is 4.88. The molecule has 0 atom stereocenters. The number of hydrogen-bond donors (Lipinski definition) is 0. The van der Waals surface area contributed by atoms with Crippen molar-refractivity contribution in [3.63, 3.8) is 0 Å². The fourth-order valence-electron chi connectivity index (χ4n) is 1.08. The summed E-state index contributed by atoms with van der Waals surface area (Å²) in [5.74, 6) is 5.45. The first-order chi connectivity index (χ1) is 7.63. The minimum atomic E-state index is -0.235. The van der Waals surface area contributed by atoms with E-state index < -0.39 is 0 Å². The lowest BCUT2D eigenvalue weighted by Crippen LogP contribution is -2.01. The Morgan fingerprint density at radius 3 is 2.88 bits per heavy atom. The van der Waals surface area contributed by atoms with E-state index in [0.717, 1.165) is 16.1 Å². The van der Waals surface area contributed by atoms with Gasteiger partial charge in [-0.25, -0.2) is 0 Å². The van der Waals surface area contributed by atoms with Crippen LogP contribution in [-0.2, 0) is 9.53 Å². The molecular weight excluding hydrogens is 224 g/mol. The summed E-state index contributed by atoms with van der Waals surface area (Å²) in [5, 5.41) is 0.725. The van der Waals surface area contributed by atoms with Crippen LogP contribution in [0, 0.1) is 18.8 Å². The zero-order valence-corrected chi connectivity index (χ0v) is 10.1. The van der Waals surface area contributed by atoms with Gasteiger partial charge < -0.3 is 4.74 Å². The molecule has 84 valence electrons. The van der Waals surface area contributed by atoms with Crippen molar-refractivity contribution in [1.82, 2.24) is 0 Å². The molecule has 0 saturated carbocycles. The van der Waals surface area contributed by atoms with E-state index >= 15 is 0 Å². The van der Waals surface area contributed by atoms with Crippen LogP contribution in [0.5, 0.6) is 0 Å². The molecule has 0 spiro atoms. The largest absolute Gasteiger partial charge is 0.452 e. The summed E-state index contributed by atoms with van der Waals surface area (Å²) >= 11 is 5.88. The average Bonchev–Trinajstić information content (AvgIpc) is 2.28. The number of ether oxygens (including phenoxy) is 1. The van der Waals surface area contributed by atoms with Crippen LogP contribution < -0.4 is 0 Å². The fourth-order valence-corrected chi connectivity index (χ4v) is 1.20. The molecule has 0 aliphatic heterocycles. The predicted octanol–water partition coefficient (Wildman–Crippen LogP) is 2.95. The Morgan fingerprint density at radius 2 is 2.25 bits per heavy atom. The molecule has 0 aromatic heterocycles. The molecule has 0 saturated heterocycles. The number of benzene rings is 1. The minimum absolute atomic E-state index is 0.133. The lowest BCUT2D eigenvalue weighted by molar-refractivity contribution is -0.141. The fraction of sp³-hybridized carbons (Fsp3) is 0.308. The van der Waals surface area contributed by atoms with Gasteiger partial charge >= 0.3 is 5.97 Å². The summed E-state index contributed by atoms with van der Waals surface area (Å²) in [4.78, 5) is 10.8. The van der Waals surface area contributed by atoms with E-state index in [1.54, 1.807) is 13.0 Å². The molecule has 16 heavy (non-hydrogen) atoms. The summed E-state index contributed by atoms with van der Waals surface area (Å²) in [7, 11) is 0. The SMILES string of the molecule is CCC(=O)OCC#Cc1ccc(Cl)c(C)c1. The molecule has 3 heteroatoms. The third-order valence-electron chi connectivity index (χ3n) is 1.98. The number of carbonyl (C=O) groups excluding carboxylic acids is 1. The highest BCUT2D eigenvalue weighted by molar-refractivity contribution is 6.31. The van der Waals surface area contributed by atoms with E-state index in [2.05, 4.69) is 11.8 Å². The lowest BCUT2D eigenvalue weighted by atomic mass is 10.1. The third kappa shape index (κ3) is 3.96. The molecule has 0 bridgehead atoms. The van der Waals surface area contributed by atoms with Gasteiger partial charge in [-0.2, -0.15) is 0 Å². The number of hydrogen-bond acceptors (Lipinski definition) is 2. The van der Waals surface area contributed by atoms with Crippen LogP contribution in [0.1, 0.15) is 24.5 Å². The number of aryl methyl sites for hydroxylation is 1. The lowest BCUT2D eigenvalue weighted by Gasteiger charge is -1.97. The van der Waals surface area contributed by atoms with Gasteiger partial charge in [-0.3, -0.25) is 4.79 Å². The van der Waals surface area contributed by atoms with Crippen LogP contribution in [0.3, 0.4) is 0 Å². The van der Waals surface area contributed by atoms with Gasteiger partial charge in [-0.05, 0) is 30.7 Å². The Labute approximate surface area is 101 Å². The van der Waals surface area contributed by atoms with Crippen molar-refractivity contribution in [3.8, 4) is 11.8 Å². The van der Waals surface area contributed by atoms with E-state index in [-0.39, 0.29) is 12.6 Å². The first-order valence-corrected chi connectivity index (χ1v) is 5.42. The zero-order valence-electron chi connectivity index (χ0n) is 9.34. The van der Waals surface area contributed by atoms with Gasteiger partial charge in [0.05, 0.1) is 0 Å². The zero-order chi connectivity index (χ0) is 12.0. The Bertz CT molecular complexity index is 441. The maximum atomic E-state index is 10.8. The van der Waals surface area contributed by atoms with Crippen molar-refractivity contribution in [1.29, 1.82) is 0 Å². The molecule has 1 aromatic carbocycles. The van der Waals surface area contributed by atoms with E-state index in [9.17, 15) is 4.79 Å². The quantitative estimate of drug-likeness (QED) is 0.583. The van der Waals surface area contributed by atoms with Gasteiger partial charge in [-0.1, -0.05) is 30.4 Å². The van der Waals surface area contributed by atoms with Crippen molar-refractivity contribution in [2.75, 3.05) is 6.61 Å². The van der Waals surface area contributed by atoms with Crippen LogP contribution in [0.25, 0.3) is 0 Å². The van der Waals surface area contributed by atoms with E-state index in [1.807, 2.05) is 19.1 Å². The Balaban J connectivity index is 2.56. The molecule has 0 aliphatic rings. The molecule has 0 heterocycles. The van der Waals surface area contributed by atoms with Crippen LogP contribution in [0.2, 0.25) is 5.02 Å². The molecule has 1 aromatic rings. The van der Waals surface area contributed by atoms with Crippen molar-refractivity contribution in [2.24, 2.45) is 0 Å². The number of rotatable bonds is 2. The predicted molar refractivity (Wildman–Crippen MR) is 64.3 cm³/mol. The number of halogens is 1. The van der Waals surface area contributed by atoms with Crippen molar-refractivity contribution in [2.45, 2.75) is 20.3 Å². The van der Waals surface area contributed by atoms with E-state index in [1.165, 1.54) is 0 Å². The van der Waals surface area contributed by atoms with Crippen molar-refractivity contribution < 1.29 is 9.53 Å². The topological polar surface area (TPSA) is 26.3 Å². The Morgan fingerprint density at radius 1 is 1.50 bits per heavy atom. The summed E-state index contributed by atoms with van der Waals surface area (Å²) < 4.78 is 4.83. The van der Waals surface area contributed by atoms with Crippen molar-refractivity contribution >= 4 is 17.6 Å². The highest BCUT2D eigenvalue weighted by Crippen LogP contribution is 2.15. The van der Waals surface area contributed by atoms with Gasteiger partial charge in [0, 0.05) is 17.0 Å². The third-order valence-corrected chi connectivity index (χ3v) is 2.41. The minimum Gasteiger partial charge on any atom is -0.452 e. The molecule has 1 rings (SSSR count). The van der Waals surface area contributed by atoms with Crippen LogP contribution >= 0.6 is 11.6 Å². The molecule has 0 N–H and O–H groups in total. The van der Waals surface area contributed by atoms with Gasteiger partial charge in [-0.15, -0.1) is 0 Å². The normalized spacial score (nSPS) is 9.19. The Hall–Kier alpha value is -1.46. The highest BCUT2D eigenvalue weighted by atomic mass is 35.5.